The third kappa shape index (κ3) is 12.5. The number of ether oxygens (including phenoxy) is 2. The molecule has 4 aliphatic heterocycles. The van der Waals surface area contributed by atoms with Crippen molar-refractivity contribution >= 4 is 62.5 Å². The van der Waals surface area contributed by atoms with Crippen molar-refractivity contribution < 1.29 is 83.9 Å². The summed E-state index contributed by atoms with van der Waals surface area (Å²) < 4.78 is 97.4. The number of aromatic nitrogens is 2. The van der Waals surface area contributed by atoms with E-state index in [0.717, 1.165) is 43.0 Å². The van der Waals surface area contributed by atoms with Crippen LogP contribution in [0.15, 0.2) is 57.2 Å². The molecule has 0 aliphatic carbocycles. The summed E-state index contributed by atoms with van der Waals surface area (Å²) in [7, 11) is -21.9. The highest BCUT2D eigenvalue weighted by Crippen LogP contribution is 2.66. The third-order valence-corrected chi connectivity index (χ3v) is 15.9. The molecule has 1 aromatic heterocycles. The Labute approximate surface area is 392 Å². The fourth-order valence-corrected chi connectivity index (χ4v) is 12.1. The molecule has 5 heterocycles. The second kappa shape index (κ2) is 19.9. The van der Waals surface area contributed by atoms with E-state index in [4.69, 9.17) is 24.3 Å². The number of hydrogen-bond donors (Lipinski definition) is 8. The zero-order valence-corrected chi connectivity index (χ0v) is 40.4. The summed E-state index contributed by atoms with van der Waals surface area (Å²) >= 11 is 0. The SMILES string of the molecule is CC[N+]1=c2cc3c(cc2CCC1)=Nc1cc2c(cc1O3)N(CCCC(=O)NC/C=C/c1cn([C@@H]3O[C@H](COP(=O)(O)OP(=O)(O)OP(=O)(O)O)[C@@H](O)[C@H]3O)c(=O)[nH]c1=O)C(C)(C)C=C2CS(=O)(=O)[O-]. The van der Waals surface area contributed by atoms with E-state index in [2.05, 4.69) is 30.0 Å². The second-order valence-corrected chi connectivity index (χ2v) is 22.7. The minimum atomic E-state index is -5.86. The molecule has 69 heavy (non-hydrogen) atoms. The van der Waals surface area contributed by atoms with Gasteiger partial charge in [0.05, 0.1) is 39.6 Å². The van der Waals surface area contributed by atoms with Gasteiger partial charge in [-0.15, -0.1) is 0 Å². The van der Waals surface area contributed by atoms with Gasteiger partial charge in [-0.2, -0.15) is 8.62 Å². The number of benzene rings is 2. The predicted molar refractivity (Wildman–Crippen MR) is 241 cm³/mol. The molecule has 376 valence electrons. The van der Waals surface area contributed by atoms with Gasteiger partial charge in [-0.25, -0.2) is 36.5 Å². The van der Waals surface area contributed by atoms with Gasteiger partial charge < -0.3 is 54.0 Å². The number of aryl methyl sites for hydroxylation is 1. The van der Waals surface area contributed by atoms with Crippen LogP contribution in [0.3, 0.4) is 0 Å². The molecule has 8 N–H and O–H groups in total. The largest absolute Gasteiger partial charge is 0.748 e. The zero-order chi connectivity index (χ0) is 50.4. The number of fused-ring (bicyclic) bond motifs is 4. The number of phosphoric ester groups is 1. The van der Waals surface area contributed by atoms with Gasteiger partial charge >= 0.3 is 29.2 Å². The Kier molecular flexibility index (Phi) is 15.1. The van der Waals surface area contributed by atoms with E-state index in [1.807, 2.05) is 35.9 Å². The molecule has 0 radical (unpaired) electrons. The van der Waals surface area contributed by atoms with Crippen molar-refractivity contribution in [2.75, 3.05) is 43.4 Å². The molecule has 2 unspecified atom stereocenters. The van der Waals surface area contributed by atoms with E-state index < -0.39 is 87.3 Å². The van der Waals surface area contributed by atoms with Crippen LogP contribution in [0.25, 0.3) is 11.6 Å². The summed E-state index contributed by atoms with van der Waals surface area (Å²) in [4.78, 5) is 83.8. The van der Waals surface area contributed by atoms with Crippen LogP contribution in [0.2, 0.25) is 0 Å². The van der Waals surface area contributed by atoms with Crippen molar-refractivity contribution in [2.24, 2.45) is 4.99 Å². The number of nitrogens with zero attached hydrogens (tertiary/aromatic N) is 4. The maximum atomic E-state index is 13.0. The topological polar surface area (TPSA) is 379 Å². The maximum absolute atomic E-state index is 13.0. The van der Waals surface area contributed by atoms with E-state index >= 15 is 0 Å². The number of rotatable bonds is 18. The normalized spacial score (nSPS) is 22.6. The summed E-state index contributed by atoms with van der Waals surface area (Å²) in [6.07, 6.45) is 0.203. The first kappa shape index (κ1) is 52.3. The van der Waals surface area contributed by atoms with E-state index in [0.29, 0.717) is 56.9 Å². The minimum absolute atomic E-state index is 0.0262. The molecule has 0 bridgehead atoms. The highest BCUT2D eigenvalue weighted by atomic mass is 32.2. The number of phosphoric acid groups is 3. The molecule has 6 atom stereocenters. The fourth-order valence-electron chi connectivity index (χ4n) is 8.46. The van der Waals surface area contributed by atoms with Gasteiger partial charge in [0.2, 0.25) is 11.3 Å². The van der Waals surface area contributed by atoms with Gasteiger partial charge in [-0.05, 0) is 51.3 Å². The van der Waals surface area contributed by atoms with Crippen molar-refractivity contribution in [1.82, 2.24) is 19.4 Å². The van der Waals surface area contributed by atoms with Crippen LogP contribution >= 0.6 is 23.5 Å². The molecule has 30 heteroatoms. The molecule has 4 aliphatic rings. The van der Waals surface area contributed by atoms with Crippen LogP contribution in [0, 0.1) is 0 Å². The lowest BCUT2D eigenvalue weighted by atomic mass is 9.88. The molecule has 0 spiro atoms. The Bertz CT molecular complexity index is 3130. The lowest BCUT2D eigenvalue weighted by Gasteiger charge is -2.44. The monoisotopic (exact) mass is 1050 g/mol. The van der Waals surface area contributed by atoms with Crippen LogP contribution in [-0.4, -0.2) is 121 Å². The van der Waals surface area contributed by atoms with Crippen LogP contribution in [0.1, 0.15) is 63.0 Å². The van der Waals surface area contributed by atoms with Crippen LogP contribution in [-0.2, 0) is 52.9 Å². The Balaban J connectivity index is 0.988. The molecular weight excluding hydrogens is 997 g/mol. The Hall–Kier alpha value is -4.53. The third-order valence-electron chi connectivity index (χ3n) is 11.4. The van der Waals surface area contributed by atoms with Crippen molar-refractivity contribution in [2.45, 2.75) is 76.5 Å². The molecule has 7 rings (SSSR count). The van der Waals surface area contributed by atoms with Gasteiger partial charge in [-0.1, -0.05) is 18.2 Å². The predicted octanol–water partition coefficient (Wildman–Crippen LogP) is 0.150. The summed E-state index contributed by atoms with van der Waals surface area (Å²) in [5.41, 5.74) is 0.00627. The van der Waals surface area contributed by atoms with E-state index in [1.165, 1.54) is 12.2 Å². The van der Waals surface area contributed by atoms with Crippen molar-refractivity contribution in [3.05, 3.63) is 90.9 Å². The second-order valence-electron chi connectivity index (χ2n) is 16.9. The average Bonchev–Trinajstić information content (AvgIpc) is 3.50. The zero-order valence-electron chi connectivity index (χ0n) is 36.9. The molecular formula is C39H49N6O20P3S. The maximum Gasteiger partial charge on any atom is 0.490 e. The first-order chi connectivity index (χ1) is 32.1. The number of aromatic amines is 1. The van der Waals surface area contributed by atoms with Crippen molar-refractivity contribution in [1.29, 1.82) is 0 Å². The fraction of sp³-hybridized carbons (Fsp3) is 0.462. The number of carbonyl (C=O) groups excluding carboxylic acids is 1. The van der Waals surface area contributed by atoms with Gasteiger partial charge in [0.15, 0.2) is 17.7 Å². The Morgan fingerprint density at radius 3 is 2.51 bits per heavy atom. The number of hydrogen-bond acceptors (Lipinski definition) is 18. The number of H-pyrrole nitrogens is 1. The van der Waals surface area contributed by atoms with Crippen LogP contribution in [0.5, 0.6) is 11.5 Å². The van der Waals surface area contributed by atoms with Gasteiger partial charge in [0.1, 0.15) is 42.4 Å². The van der Waals surface area contributed by atoms with E-state index in [1.54, 1.807) is 18.2 Å². The molecule has 1 saturated heterocycles. The molecule has 1 fully saturated rings. The van der Waals surface area contributed by atoms with Gasteiger partial charge in [-0.3, -0.25) is 23.7 Å². The number of nitrogens with one attached hydrogen (secondary N) is 2. The first-order valence-electron chi connectivity index (χ1n) is 21.1. The van der Waals surface area contributed by atoms with Crippen LogP contribution < -0.4 is 41.5 Å². The highest BCUT2D eigenvalue weighted by molar-refractivity contribution is 7.86. The van der Waals surface area contributed by atoms with Crippen molar-refractivity contribution in [3.63, 3.8) is 0 Å². The summed E-state index contributed by atoms with van der Waals surface area (Å²) in [6.45, 7) is 6.61. The first-order valence-corrected chi connectivity index (χ1v) is 27.2. The molecule has 0 saturated carbocycles. The molecule has 1 amide bonds. The number of carbonyl (C=O) groups is 1. The molecule has 3 aromatic rings. The average molecular weight is 1050 g/mol. The Morgan fingerprint density at radius 1 is 1.07 bits per heavy atom. The van der Waals surface area contributed by atoms with Gasteiger partial charge in [0, 0.05) is 55.0 Å². The minimum Gasteiger partial charge on any atom is -0.748 e. The highest BCUT2D eigenvalue weighted by Gasteiger charge is 2.47. The molecule has 2 aromatic carbocycles. The summed E-state index contributed by atoms with van der Waals surface area (Å²) in [5, 5.41) is 25.6. The lowest BCUT2D eigenvalue weighted by molar-refractivity contribution is -0.120. The van der Waals surface area contributed by atoms with E-state index in [9.17, 15) is 61.0 Å². The Morgan fingerprint density at radius 2 is 1.81 bits per heavy atom. The number of amides is 1. The number of aliphatic hydroxyl groups is 2. The summed E-state index contributed by atoms with van der Waals surface area (Å²) in [6, 6.07) is 7.49. The quantitative estimate of drug-likeness (QED) is 0.0373. The van der Waals surface area contributed by atoms with Gasteiger partial charge in [0.25, 0.3) is 5.56 Å². The number of aliphatic hydroxyl groups excluding tert-OH is 2. The smallest absolute Gasteiger partial charge is 0.490 e. The number of anilines is 1. The van der Waals surface area contributed by atoms with E-state index in [-0.39, 0.29) is 24.4 Å². The summed E-state index contributed by atoms with van der Waals surface area (Å²) in [5.74, 6) is -0.114. The van der Waals surface area contributed by atoms with Crippen LogP contribution in [0.4, 0.5) is 11.4 Å². The lowest BCUT2D eigenvalue weighted by Crippen LogP contribution is -2.46. The standard InChI is InChI=1S/C39H49N6O20P3S/c1-4-43-12-6-9-22-14-26-30(16-28(22)43)62-31-17-29-25(15-27(31)41-26)24(21-69(58,59)60)18-39(2,3)45(29)13-7-10-33(46)40-11-5-8-23-19-44(38(50)42-36(23)49)37-35(48)34(47)32(63-37)20-61-67(54,55)65-68(56,57)64-66(51,52)53/h5,8,14-19,32,34-35,37,47-48H,4,6-7,9-13,20-21H2,1-3H3,(H6-,40,42,46,49,50,51,52,53,54,55,56,57,58,59,60)/b8-5+/t32-,34-,35-,37-/m1/s1. The van der Waals surface area contributed by atoms with Crippen molar-refractivity contribution in [3.8, 4) is 11.5 Å². The molecule has 26 nitrogen and oxygen atoms in total.